The molecule has 18 heavy (non-hydrogen) atoms. The van der Waals surface area contributed by atoms with E-state index in [4.69, 9.17) is 0 Å². The van der Waals surface area contributed by atoms with Gasteiger partial charge in [0.15, 0.2) is 0 Å². The van der Waals surface area contributed by atoms with Gasteiger partial charge in [0.1, 0.15) is 0 Å². The molecule has 0 unspecified atom stereocenters. The maximum Gasteiger partial charge on any atom is 0.0948 e. The SMILES string of the molecule is CCn1cncc1Cn1ccc2cc(Br)ccc21. The second-order valence-corrected chi connectivity index (χ2v) is 5.23. The minimum atomic E-state index is 0.860. The van der Waals surface area contributed by atoms with Crippen molar-refractivity contribution in [3.8, 4) is 0 Å². The number of rotatable bonds is 3. The molecule has 0 N–H and O–H groups in total. The first kappa shape index (κ1) is 11.5. The van der Waals surface area contributed by atoms with Crippen LogP contribution in [0.15, 0.2) is 47.5 Å². The number of nitrogens with zero attached hydrogens (tertiary/aromatic N) is 3. The minimum absolute atomic E-state index is 0.860. The molecule has 2 heterocycles. The number of halogens is 1. The maximum absolute atomic E-state index is 4.21. The van der Waals surface area contributed by atoms with Crippen molar-refractivity contribution in [1.29, 1.82) is 0 Å². The van der Waals surface area contributed by atoms with Crippen molar-refractivity contribution in [1.82, 2.24) is 14.1 Å². The van der Waals surface area contributed by atoms with Crippen LogP contribution in [0.4, 0.5) is 0 Å². The largest absolute Gasteiger partial charge is 0.341 e. The topological polar surface area (TPSA) is 22.8 Å². The molecular formula is C14H14BrN3. The predicted octanol–water partition coefficient (Wildman–Crippen LogP) is 3.67. The Bertz CT molecular complexity index is 681. The smallest absolute Gasteiger partial charge is 0.0948 e. The number of aromatic nitrogens is 3. The molecule has 0 atom stereocenters. The van der Waals surface area contributed by atoms with Crippen LogP contribution in [0.3, 0.4) is 0 Å². The van der Waals surface area contributed by atoms with Crippen LogP contribution in [0.1, 0.15) is 12.6 Å². The van der Waals surface area contributed by atoms with Gasteiger partial charge in [-0.3, -0.25) is 0 Å². The van der Waals surface area contributed by atoms with Crippen molar-refractivity contribution in [2.75, 3.05) is 0 Å². The molecule has 2 aromatic heterocycles. The monoisotopic (exact) mass is 303 g/mol. The highest BCUT2D eigenvalue weighted by molar-refractivity contribution is 9.10. The molecule has 3 aromatic rings. The summed E-state index contributed by atoms with van der Waals surface area (Å²) in [6, 6.07) is 8.51. The predicted molar refractivity (Wildman–Crippen MR) is 76.6 cm³/mol. The second kappa shape index (κ2) is 4.61. The van der Waals surface area contributed by atoms with Crippen LogP contribution >= 0.6 is 15.9 Å². The molecule has 4 heteroatoms. The van der Waals surface area contributed by atoms with Gasteiger partial charge in [-0.15, -0.1) is 0 Å². The van der Waals surface area contributed by atoms with Gasteiger partial charge < -0.3 is 9.13 Å². The number of imidazole rings is 1. The molecule has 0 bridgehead atoms. The summed E-state index contributed by atoms with van der Waals surface area (Å²) in [7, 11) is 0. The molecule has 92 valence electrons. The Balaban J connectivity index is 2.00. The zero-order valence-corrected chi connectivity index (χ0v) is 11.8. The van der Waals surface area contributed by atoms with Crippen LogP contribution in [-0.2, 0) is 13.1 Å². The molecule has 1 aromatic carbocycles. The molecule has 0 aliphatic rings. The highest BCUT2D eigenvalue weighted by Gasteiger charge is 2.05. The average Bonchev–Trinajstić information content (AvgIpc) is 2.96. The lowest BCUT2D eigenvalue weighted by Crippen LogP contribution is -2.04. The van der Waals surface area contributed by atoms with Gasteiger partial charge in [0.2, 0.25) is 0 Å². The van der Waals surface area contributed by atoms with Crippen molar-refractivity contribution in [3.63, 3.8) is 0 Å². The van der Waals surface area contributed by atoms with Gasteiger partial charge in [-0.2, -0.15) is 0 Å². The van der Waals surface area contributed by atoms with Crippen LogP contribution in [-0.4, -0.2) is 14.1 Å². The normalized spacial score (nSPS) is 11.2. The second-order valence-electron chi connectivity index (χ2n) is 4.32. The van der Waals surface area contributed by atoms with Gasteiger partial charge in [-0.25, -0.2) is 4.98 Å². The number of hydrogen-bond donors (Lipinski definition) is 0. The Hall–Kier alpha value is -1.55. The summed E-state index contributed by atoms with van der Waals surface area (Å²) in [5.41, 5.74) is 2.49. The van der Waals surface area contributed by atoms with Gasteiger partial charge in [0.25, 0.3) is 0 Å². The molecule has 3 nitrogen and oxygen atoms in total. The number of hydrogen-bond acceptors (Lipinski definition) is 1. The Morgan fingerprint density at radius 2 is 2.11 bits per heavy atom. The first-order valence-electron chi connectivity index (χ1n) is 6.01. The highest BCUT2D eigenvalue weighted by Crippen LogP contribution is 2.21. The van der Waals surface area contributed by atoms with E-state index in [1.807, 2.05) is 12.5 Å². The van der Waals surface area contributed by atoms with Gasteiger partial charge in [-0.1, -0.05) is 15.9 Å². The van der Waals surface area contributed by atoms with Gasteiger partial charge in [0.05, 0.1) is 18.6 Å². The number of fused-ring (bicyclic) bond motifs is 1. The van der Waals surface area contributed by atoms with E-state index >= 15 is 0 Å². The fraction of sp³-hybridized carbons (Fsp3) is 0.214. The van der Waals surface area contributed by atoms with E-state index in [1.54, 1.807) is 0 Å². The van der Waals surface area contributed by atoms with E-state index in [0.29, 0.717) is 0 Å². The quantitative estimate of drug-likeness (QED) is 0.724. The molecule has 3 rings (SSSR count). The minimum Gasteiger partial charge on any atom is -0.341 e. The summed E-state index contributed by atoms with van der Waals surface area (Å²) in [5.74, 6) is 0. The van der Waals surface area contributed by atoms with Crippen LogP contribution in [0.25, 0.3) is 10.9 Å². The van der Waals surface area contributed by atoms with E-state index in [0.717, 1.165) is 17.6 Å². The first-order valence-corrected chi connectivity index (χ1v) is 6.80. The third kappa shape index (κ3) is 1.97. The van der Waals surface area contributed by atoms with E-state index in [1.165, 1.54) is 16.6 Å². The highest BCUT2D eigenvalue weighted by atomic mass is 79.9. The van der Waals surface area contributed by atoms with Gasteiger partial charge >= 0.3 is 0 Å². The van der Waals surface area contributed by atoms with Crippen molar-refractivity contribution >= 4 is 26.8 Å². The van der Waals surface area contributed by atoms with E-state index in [-0.39, 0.29) is 0 Å². The van der Waals surface area contributed by atoms with Crippen LogP contribution < -0.4 is 0 Å². The molecule has 0 radical (unpaired) electrons. The van der Waals surface area contributed by atoms with Gasteiger partial charge in [-0.05, 0) is 31.2 Å². The lowest BCUT2D eigenvalue weighted by atomic mass is 10.2. The Morgan fingerprint density at radius 3 is 2.94 bits per heavy atom. The van der Waals surface area contributed by atoms with Crippen molar-refractivity contribution in [2.45, 2.75) is 20.0 Å². The summed E-state index contributed by atoms with van der Waals surface area (Å²) in [6.45, 7) is 3.95. The first-order chi connectivity index (χ1) is 8.78. The zero-order valence-electron chi connectivity index (χ0n) is 10.2. The Morgan fingerprint density at radius 1 is 1.22 bits per heavy atom. The van der Waals surface area contributed by atoms with Crippen LogP contribution in [0.5, 0.6) is 0 Å². The molecular weight excluding hydrogens is 290 g/mol. The number of benzene rings is 1. The molecule has 0 aliphatic carbocycles. The van der Waals surface area contributed by atoms with E-state index in [2.05, 4.69) is 67.4 Å². The summed E-state index contributed by atoms with van der Waals surface area (Å²) in [4.78, 5) is 4.21. The van der Waals surface area contributed by atoms with Gasteiger partial charge in [0, 0.05) is 34.3 Å². The molecule has 0 saturated heterocycles. The fourth-order valence-corrected chi connectivity index (χ4v) is 2.63. The molecule has 0 aliphatic heterocycles. The van der Waals surface area contributed by atoms with Crippen molar-refractivity contribution < 1.29 is 0 Å². The standard InChI is InChI=1S/C14H14BrN3/c1-2-17-10-16-8-13(17)9-18-6-5-11-7-12(15)3-4-14(11)18/h3-8,10H,2,9H2,1H3. The van der Waals surface area contributed by atoms with E-state index in [9.17, 15) is 0 Å². The molecule has 0 fully saturated rings. The lowest BCUT2D eigenvalue weighted by molar-refractivity contribution is 0.679. The fourth-order valence-electron chi connectivity index (χ4n) is 2.25. The summed E-state index contributed by atoms with van der Waals surface area (Å²) < 4.78 is 5.54. The lowest BCUT2D eigenvalue weighted by Gasteiger charge is -2.08. The van der Waals surface area contributed by atoms with Crippen molar-refractivity contribution in [3.05, 3.63) is 53.2 Å². The molecule has 0 saturated carbocycles. The summed E-state index contributed by atoms with van der Waals surface area (Å²) in [5, 5.41) is 1.26. The van der Waals surface area contributed by atoms with Crippen molar-refractivity contribution in [2.24, 2.45) is 0 Å². The maximum atomic E-state index is 4.21. The third-order valence-electron chi connectivity index (χ3n) is 3.20. The average molecular weight is 304 g/mol. The molecule has 0 amide bonds. The third-order valence-corrected chi connectivity index (χ3v) is 3.70. The van der Waals surface area contributed by atoms with Crippen LogP contribution in [0.2, 0.25) is 0 Å². The molecule has 0 spiro atoms. The number of aryl methyl sites for hydroxylation is 1. The summed E-state index contributed by atoms with van der Waals surface area (Å²) in [6.07, 6.45) is 5.95. The zero-order chi connectivity index (χ0) is 12.5. The summed E-state index contributed by atoms with van der Waals surface area (Å²) >= 11 is 3.50. The van der Waals surface area contributed by atoms with Crippen LogP contribution in [0, 0.1) is 0 Å². The Labute approximate surface area is 114 Å². The van der Waals surface area contributed by atoms with E-state index < -0.39 is 0 Å². The Kier molecular flexibility index (Phi) is 2.96.